The lowest BCUT2D eigenvalue weighted by molar-refractivity contribution is 0.541. The Hall–Kier alpha value is -2.16. The first-order chi connectivity index (χ1) is 9.45. The highest BCUT2D eigenvalue weighted by molar-refractivity contribution is 6.15. The molecule has 1 aromatic rings. The molecule has 20 heavy (non-hydrogen) atoms. The molecule has 0 amide bonds. The van der Waals surface area contributed by atoms with Crippen molar-refractivity contribution in [3.8, 4) is 0 Å². The minimum atomic E-state index is -0.0812. The van der Waals surface area contributed by atoms with Gasteiger partial charge in [0.05, 0.1) is 11.4 Å². The molecule has 0 atom stereocenters. The van der Waals surface area contributed by atoms with Crippen molar-refractivity contribution in [3.05, 3.63) is 60.1 Å². The van der Waals surface area contributed by atoms with E-state index in [4.69, 9.17) is 10.7 Å². The van der Waals surface area contributed by atoms with E-state index in [0.29, 0.717) is 5.70 Å². The maximum absolute atomic E-state index is 5.97. The Balaban J connectivity index is 2.62. The summed E-state index contributed by atoms with van der Waals surface area (Å²) >= 11 is 0. The molecule has 0 unspecified atom stereocenters. The van der Waals surface area contributed by atoms with Crippen LogP contribution in [0.1, 0.15) is 32.8 Å². The van der Waals surface area contributed by atoms with E-state index in [9.17, 15) is 0 Å². The summed E-state index contributed by atoms with van der Waals surface area (Å²) in [5.41, 5.74) is 10.5. The Bertz CT molecular complexity index is 600. The maximum atomic E-state index is 5.97. The van der Waals surface area contributed by atoms with Crippen molar-refractivity contribution >= 4 is 11.4 Å². The fourth-order valence-electron chi connectivity index (χ4n) is 2.50. The monoisotopic (exact) mass is 267 g/mol. The van der Waals surface area contributed by atoms with Crippen molar-refractivity contribution in [2.24, 2.45) is 21.1 Å². The molecule has 3 nitrogen and oxygen atoms in total. The van der Waals surface area contributed by atoms with E-state index >= 15 is 0 Å². The normalized spacial score (nSPS) is 22.4. The summed E-state index contributed by atoms with van der Waals surface area (Å²) in [5.74, 6) is 0. The second-order valence-electron chi connectivity index (χ2n) is 5.68. The highest BCUT2D eigenvalue weighted by Crippen LogP contribution is 2.34. The number of aliphatic imine (C=N–C) groups is 2. The molecular weight excluding hydrogens is 246 g/mol. The summed E-state index contributed by atoms with van der Waals surface area (Å²) in [4.78, 5) is 9.14. The van der Waals surface area contributed by atoms with Crippen LogP contribution >= 0.6 is 0 Å². The number of benzene rings is 1. The van der Waals surface area contributed by atoms with Crippen molar-refractivity contribution < 1.29 is 0 Å². The van der Waals surface area contributed by atoms with Crippen LogP contribution in [0, 0.1) is 5.41 Å². The van der Waals surface area contributed by atoms with Crippen LogP contribution in [0.5, 0.6) is 0 Å². The number of allylic oxidation sites excluding steroid dienone is 2. The molecule has 3 heteroatoms. The minimum absolute atomic E-state index is 0.0812. The summed E-state index contributed by atoms with van der Waals surface area (Å²) in [7, 11) is 0. The van der Waals surface area contributed by atoms with Crippen molar-refractivity contribution in [3.63, 3.8) is 0 Å². The van der Waals surface area contributed by atoms with Gasteiger partial charge in [0.25, 0.3) is 0 Å². The van der Waals surface area contributed by atoms with Gasteiger partial charge in [-0.2, -0.15) is 0 Å². The van der Waals surface area contributed by atoms with Crippen molar-refractivity contribution in [2.45, 2.75) is 27.2 Å². The van der Waals surface area contributed by atoms with Gasteiger partial charge < -0.3 is 5.73 Å². The third kappa shape index (κ3) is 2.72. The number of nitrogens with zero attached hydrogens (tertiary/aromatic N) is 2. The van der Waals surface area contributed by atoms with Gasteiger partial charge >= 0.3 is 0 Å². The molecule has 2 N–H and O–H groups in total. The van der Waals surface area contributed by atoms with Gasteiger partial charge in [0.2, 0.25) is 0 Å². The summed E-state index contributed by atoms with van der Waals surface area (Å²) in [6.07, 6.45) is 2.36. The number of hydrogen-bond donors (Lipinski definition) is 1. The second-order valence-corrected chi connectivity index (χ2v) is 5.68. The molecule has 2 rings (SSSR count). The smallest absolute Gasteiger partial charge is 0.103 e. The molecule has 0 spiro atoms. The molecule has 0 saturated carbocycles. The van der Waals surface area contributed by atoms with Crippen LogP contribution in [-0.2, 0) is 0 Å². The third-order valence-corrected chi connectivity index (χ3v) is 3.42. The average Bonchev–Trinajstić information content (AvgIpc) is 2.39. The van der Waals surface area contributed by atoms with Gasteiger partial charge in [0.15, 0.2) is 0 Å². The molecule has 0 bridgehead atoms. The molecule has 0 aromatic heterocycles. The molecule has 1 aliphatic rings. The van der Waals surface area contributed by atoms with Crippen molar-refractivity contribution in [2.75, 3.05) is 0 Å². The Labute approximate surface area is 120 Å². The Morgan fingerprint density at radius 3 is 2.55 bits per heavy atom. The second kappa shape index (κ2) is 5.45. The van der Waals surface area contributed by atoms with E-state index < -0.39 is 0 Å². The average molecular weight is 267 g/mol. The molecular formula is C17H21N3. The van der Waals surface area contributed by atoms with Gasteiger partial charge in [-0.05, 0) is 12.5 Å². The maximum Gasteiger partial charge on any atom is 0.103 e. The fraction of sp³-hybridized carbons (Fsp3) is 0.294. The van der Waals surface area contributed by atoms with Crippen molar-refractivity contribution in [1.82, 2.24) is 0 Å². The van der Waals surface area contributed by atoms with Crippen LogP contribution in [-0.4, -0.2) is 11.4 Å². The van der Waals surface area contributed by atoms with Crippen LogP contribution in [0.2, 0.25) is 0 Å². The summed E-state index contributed by atoms with van der Waals surface area (Å²) in [6, 6.07) is 10.2. The molecule has 1 heterocycles. The first kappa shape index (κ1) is 14.3. The lowest BCUT2D eigenvalue weighted by atomic mass is 9.76. The Morgan fingerprint density at radius 2 is 2.00 bits per heavy atom. The minimum Gasteiger partial charge on any atom is -0.400 e. The Kier molecular flexibility index (Phi) is 3.89. The topological polar surface area (TPSA) is 50.7 Å². The molecule has 1 aromatic carbocycles. The molecule has 0 aliphatic carbocycles. The van der Waals surface area contributed by atoms with E-state index in [2.05, 4.69) is 37.6 Å². The van der Waals surface area contributed by atoms with E-state index in [1.807, 2.05) is 25.1 Å². The number of hydrogen-bond acceptors (Lipinski definition) is 3. The molecule has 0 fully saturated rings. The van der Waals surface area contributed by atoms with Gasteiger partial charge in [-0.25, -0.2) is 4.99 Å². The van der Waals surface area contributed by atoms with E-state index in [0.717, 1.165) is 29.1 Å². The standard InChI is InChI=1S/C17H21N3/c1-5-19-14-11-17(3,4)16(20-15(14)12(2)18)13-9-7-6-8-10-13/h5-10H,1,11,18H2,2-4H3/b15-12-,19-14-. The van der Waals surface area contributed by atoms with Crippen molar-refractivity contribution in [1.29, 1.82) is 0 Å². The molecule has 0 saturated heterocycles. The fourth-order valence-corrected chi connectivity index (χ4v) is 2.50. The highest BCUT2D eigenvalue weighted by Gasteiger charge is 2.34. The quantitative estimate of drug-likeness (QED) is 0.873. The zero-order chi connectivity index (χ0) is 14.8. The van der Waals surface area contributed by atoms with Gasteiger partial charge in [0.1, 0.15) is 5.70 Å². The summed E-state index contributed by atoms with van der Waals surface area (Å²) in [5, 5.41) is 0. The zero-order valence-electron chi connectivity index (χ0n) is 12.4. The highest BCUT2D eigenvalue weighted by atomic mass is 14.9. The van der Waals surface area contributed by atoms with Crippen LogP contribution < -0.4 is 5.73 Å². The Morgan fingerprint density at radius 1 is 1.35 bits per heavy atom. The van der Waals surface area contributed by atoms with E-state index in [-0.39, 0.29) is 5.41 Å². The summed E-state index contributed by atoms with van der Waals surface area (Å²) < 4.78 is 0. The van der Waals surface area contributed by atoms with Crippen LogP contribution in [0.25, 0.3) is 0 Å². The summed E-state index contributed by atoms with van der Waals surface area (Å²) in [6.45, 7) is 9.89. The van der Waals surface area contributed by atoms with Gasteiger partial charge in [0, 0.05) is 23.7 Å². The van der Waals surface area contributed by atoms with E-state index in [1.54, 1.807) is 6.20 Å². The molecule has 104 valence electrons. The molecule has 0 radical (unpaired) electrons. The van der Waals surface area contributed by atoms with Gasteiger partial charge in [-0.15, -0.1) is 0 Å². The first-order valence-electron chi connectivity index (χ1n) is 6.74. The number of nitrogens with two attached hydrogens (primary N) is 1. The van der Waals surface area contributed by atoms with Gasteiger partial charge in [-0.3, -0.25) is 4.99 Å². The molecule has 1 aliphatic heterocycles. The lowest BCUT2D eigenvalue weighted by Crippen LogP contribution is -2.34. The zero-order valence-corrected chi connectivity index (χ0v) is 12.4. The first-order valence-corrected chi connectivity index (χ1v) is 6.74. The lowest BCUT2D eigenvalue weighted by Gasteiger charge is -2.32. The van der Waals surface area contributed by atoms with Crippen LogP contribution in [0.15, 0.2) is 64.5 Å². The van der Waals surface area contributed by atoms with Crippen LogP contribution in [0.4, 0.5) is 0 Å². The third-order valence-electron chi connectivity index (χ3n) is 3.42. The van der Waals surface area contributed by atoms with Gasteiger partial charge in [-0.1, -0.05) is 50.8 Å². The predicted octanol–water partition coefficient (Wildman–Crippen LogP) is 3.68. The van der Waals surface area contributed by atoms with Crippen LogP contribution in [0.3, 0.4) is 0 Å². The predicted molar refractivity (Wildman–Crippen MR) is 85.9 cm³/mol. The van der Waals surface area contributed by atoms with E-state index in [1.165, 1.54) is 0 Å². The largest absolute Gasteiger partial charge is 0.400 e. The SMILES string of the molecule is C=C/N=C1/CC(C)(C)C(c2ccccc2)=N/C1=C(/C)N. The number of rotatable bonds is 2.